The molecule has 17 heavy (non-hydrogen) atoms. The second-order valence-electron chi connectivity index (χ2n) is 4.38. The summed E-state index contributed by atoms with van der Waals surface area (Å²) in [6, 6.07) is 6.03. The molecule has 0 aliphatic carbocycles. The molecule has 2 rings (SSSR count). The Hall–Kier alpha value is -1.29. The molecule has 0 saturated carbocycles. The van der Waals surface area contributed by atoms with Gasteiger partial charge in [-0.2, -0.15) is 0 Å². The van der Waals surface area contributed by atoms with Gasteiger partial charge >= 0.3 is 0 Å². The van der Waals surface area contributed by atoms with Crippen molar-refractivity contribution in [1.82, 2.24) is 4.98 Å². The van der Waals surface area contributed by atoms with Crippen LogP contribution < -0.4 is 10.6 Å². The van der Waals surface area contributed by atoms with Gasteiger partial charge in [0.1, 0.15) is 11.6 Å². The smallest absolute Gasteiger partial charge is 0.128 e. The summed E-state index contributed by atoms with van der Waals surface area (Å²) in [6.45, 7) is 5.76. The highest BCUT2D eigenvalue weighted by Crippen LogP contribution is 2.16. The quantitative estimate of drug-likeness (QED) is 0.822. The predicted octanol–water partition coefficient (Wildman–Crippen LogP) is 2.35. The Kier molecular flexibility index (Phi) is 4.62. The zero-order valence-corrected chi connectivity index (χ0v) is 10.4. The molecule has 2 N–H and O–H groups in total. The van der Waals surface area contributed by atoms with Crippen LogP contribution in [0.5, 0.6) is 0 Å². The maximum Gasteiger partial charge on any atom is 0.128 e. The molecule has 0 unspecified atom stereocenters. The van der Waals surface area contributed by atoms with E-state index in [4.69, 9.17) is 4.74 Å². The lowest BCUT2D eigenvalue weighted by atomic mass is 10.0. The molecule has 0 bridgehead atoms. The molecule has 0 spiro atoms. The standard InChI is InChI=1S/C13H21N3O/c1-2-14-12-4-3-5-13(16-12)15-10-11-6-8-17-9-7-11/h3-5,11H,2,6-10H2,1H3,(H2,14,15,16). The van der Waals surface area contributed by atoms with Crippen molar-refractivity contribution in [3.63, 3.8) is 0 Å². The van der Waals surface area contributed by atoms with Gasteiger partial charge in [-0.25, -0.2) is 4.98 Å². The lowest BCUT2D eigenvalue weighted by Crippen LogP contribution is -2.23. The van der Waals surface area contributed by atoms with Crippen LogP contribution in [-0.2, 0) is 4.74 Å². The fourth-order valence-corrected chi connectivity index (χ4v) is 2.01. The van der Waals surface area contributed by atoms with Gasteiger partial charge in [0.25, 0.3) is 0 Å². The molecule has 1 aliphatic rings. The van der Waals surface area contributed by atoms with Crippen molar-refractivity contribution >= 4 is 11.6 Å². The van der Waals surface area contributed by atoms with Crippen LogP contribution in [0.3, 0.4) is 0 Å². The molecule has 0 amide bonds. The van der Waals surface area contributed by atoms with E-state index in [9.17, 15) is 0 Å². The van der Waals surface area contributed by atoms with Gasteiger partial charge < -0.3 is 15.4 Å². The Morgan fingerprint density at radius 3 is 2.65 bits per heavy atom. The first kappa shape index (κ1) is 12.2. The maximum atomic E-state index is 5.35. The monoisotopic (exact) mass is 235 g/mol. The molecule has 4 heteroatoms. The van der Waals surface area contributed by atoms with Crippen molar-refractivity contribution in [3.8, 4) is 0 Å². The summed E-state index contributed by atoms with van der Waals surface area (Å²) < 4.78 is 5.35. The first-order chi connectivity index (χ1) is 8.38. The number of nitrogens with one attached hydrogen (secondary N) is 2. The summed E-state index contributed by atoms with van der Waals surface area (Å²) in [6.07, 6.45) is 2.31. The Bertz CT molecular complexity index is 337. The van der Waals surface area contributed by atoms with Crippen LogP contribution in [0.1, 0.15) is 19.8 Å². The number of anilines is 2. The van der Waals surface area contributed by atoms with E-state index >= 15 is 0 Å². The van der Waals surface area contributed by atoms with Gasteiger partial charge in [0, 0.05) is 26.3 Å². The molecule has 1 aromatic heterocycles. The van der Waals surface area contributed by atoms with E-state index in [0.29, 0.717) is 5.92 Å². The Labute approximate surface area is 103 Å². The van der Waals surface area contributed by atoms with Crippen molar-refractivity contribution in [2.75, 3.05) is 36.9 Å². The Morgan fingerprint density at radius 2 is 1.94 bits per heavy atom. The lowest BCUT2D eigenvalue weighted by molar-refractivity contribution is 0.0699. The zero-order chi connectivity index (χ0) is 11.9. The van der Waals surface area contributed by atoms with E-state index in [2.05, 4.69) is 22.5 Å². The predicted molar refractivity (Wildman–Crippen MR) is 70.4 cm³/mol. The molecular formula is C13H21N3O. The second kappa shape index (κ2) is 6.45. The SMILES string of the molecule is CCNc1cccc(NCC2CCOCC2)n1. The number of rotatable bonds is 5. The number of nitrogens with zero attached hydrogens (tertiary/aromatic N) is 1. The summed E-state index contributed by atoms with van der Waals surface area (Å²) in [5.41, 5.74) is 0. The van der Waals surface area contributed by atoms with Crippen molar-refractivity contribution < 1.29 is 4.74 Å². The van der Waals surface area contributed by atoms with Crippen molar-refractivity contribution in [3.05, 3.63) is 18.2 Å². The minimum atomic E-state index is 0.716. The minimum Gasteiger partial charge on any atom is -0.381 e. The third-order valence-corrected chi connectivity index (χ3v) is 3.02. The summed E-state index contributed by atoms with van der Waals surface area (Å²) in [5, 5.41) is 6.62. The molecule has 4 nitrogen and oxygen atoms in total. The van der Waals surface area contributed by atoms with Crippen LogP contribution >= 0.6 is 0 Å². The fourth-order valence-electron chi connectivity index (χ4n) is 2.01. The summed E-state index contributed by atoms with van der Waals surface area (Å²) >= 11 is 0. The third kappa shape index (κ3) is 3.89. The van der Waals surface area contributed by atoms with Gasteiger partial charge in [0.05, 0.1) is 0 Å². The van der Waals surface area contributed by atoms with Gasteiger partial charge in [-0.05, 0) is 37.8 Å². The first-order valence-electron chi connectivity index (χ1n) is 6.41. The summed E-state index contributed by atoms with van der Waals surface area (Å²) in [7, 11) is 0. The molecule has 0 atom stereocenters. The maximum absolute atomic E-state index is 5.35. The normalized spacial score (nSPS) is 16.8. The largest absolute Gasteiger partial charge is 0.381 e. The van der Waals surface area contributed by atoms with Crippen LogP contribution in [-0.4, -0.2) is 31.3 Å². The minimum absolute atomic E-state index is 0.716. The number of ether oxygens (including phenoxy) is 1. The first-order valence-corrected chi connectivity index (χ1v) is 6.41. The molecule has 94 valence electrons. The highest BCUT2D eigenvalue weighted by Gasteiger charge is 2.13. The van der Waals surface area contributed by atoms with Gasteiger partial charge in [-0.15, -0.1) is 0 Å². The van der Waals surface area contributed by atoms with Crippen molar-refractivity contribution in [2.24, 2.45) is 5.92 Å². The molecule has 0 aromatic carbocycles. The molecule has 1 fully saturated rings. The van der Waals surface area contributed by atoms with Gasteiger partial charge in [-0.3, -0.25) is 0 Å². The van der Waals surface area contributed by atoms with Crippen molar-refractivity contribution in [2.45, 2.75) is 19.8 Å². The molecule has 1 aliphatic heterocycles. The Morgan fingerprint density at radius 1 is 1.24 bits per heavy atom. The van der Waals surface area contributed by atoms with E-state index in [1.54, 1.807) is 0 Å². The number of hydrogen-bond acceptors (Lipinski definition) is 4. The fraction of sp³-hybridized carbons (Fsp3) is 0.615. The van der Waals surface area contributed by atoms with E-state index < -0.39 is 0 Å². The number of hydrogen-bond donors (Lipinski definition) is 2. The van der Waals surface area contributed by atoms with Crippen LogP contribution in [0, 0.1) is 5.92 Å². The average molecular weight is 235 g/mol. The van der Waals surface area contributed by atoms with Gasteiger partial charge in [-0.1, -0.05) is 6.07 Å². The van der Waals surface area contributed by atoms with Crippen LogP contribution in [0.4, 0.5) is 11.6 Å². The highest BCUT2D eigenvalue weighted by molar-refractivity contribution is 5.44. The van der Waals surface area contributed by atoms with E-state index in [1.807, 2.05) is 18.2 Å². The van der Waals surface area contributed by atoms with Crippen LogP contribution in [0.15, 0.2) is 18.2 Å². The van der Waals surface area contributed by atoms with Crippen LogP contribution in [0.2, 0.25) is 0 Å². The molecular weight excluding hydrogens is 214 g/mol. The van der Waals surface area contributed by atoms with Gasteiger partial charge in [0.2, 0.25) is 0 Å². The molecule has 1 saturated heterocycles. The molecule has 2 heterocycles. The second-order valence-corrected chi connectivity index (χ2v) is 4.38. The van der Waals surface area contributed by atoms with E-state index in [-0.39, 0.29) is 0 Å². The molecule has 1 aromatic rings. The zero-order valence-electron chi connectivity index (χ0n) is 10.4. The summed E-state index contributed by atoms with van der Waals surface area (Å²) in [4.78, 5) is 4.49. The topological polar surface area (TPSA) is 46.2 Å². The lowest BCUT2D eigenvalue weighted by Gasteiger charge is -2.22. The van der Waals surface area contributed by atoms with Crippen LogP contribution in [0.25, 0.3) is 0 Å². The van der Waals surface area contributed by atoms with E-state index in [1.165, 1.54) is 0 Å². The van der Waals surface area contributed by atoms with E-state index in [0.717, 1.165) is 50.8 Å². The highest BCUT2D eigenvalue weighted by atomic mass is 16.5. The molecule has 0 radical (unpaired) electrons. The third-order valence-electron chi connectivity index (χ3n) is 3.02. The number of aromatic nitrogens is 1. The average Bonchev–Trinajstić information content (AvgIpc) is 2.39. The summed E-state index contributed by atoms with van der Waals surface area (Å²) in [5.74, 6) is 2.60. The van der Waals surface area contributed by atoms with Crippen molar-refractivity contribution in [1.29, 1.82) is 0 Å². The Balaban J connectivity index is 1.83. The van der Waals surface area contributed by atoms with Gasteiger partial charge in [0.15, 0.2) is 0 Å². The number of pyridine rings is 1.